The van der Waals surface area contributed by atoms with Crippen LogP contribution in [0.15, 0.2) is 36.9 Å². The fourth-order valence-corrected chi connectivity index (χ4v) is 6.19. The van der Waals surface area contributed by atoms with Crippen LogP contribution >= 0.6 is 11.6 Å². The van der Waals surface area contributed by atoms with Crippen LogP contribution in [0.3, 0.4) is 0 Å². The normalized spacial score (nSPS) is 18.3. The predicted molar refractivity (Wildman–Crippen MR) is 142 cm³/mol. The molecule has 9 nitrogen and oxygen atoms in total. The minimum absolute atomic E-state index is 0.0213. The van der Waals surface area contributed by atoms with Gasteiger partial charge in [0.2, 0.25) is 16.0 Å². The molecule has 4 heterocycles. The summed E-state index contributed by atoms with van der Waals surface area (Å²) in [5.74, 6) is 0.712. The molecule has 2 aliphatic rings. The average Bonchev–Trinajstić information content (AvgIpc) is 3.32. The van der Waals surface area contributed by atoms with E-state index in [0.29, 0.717) is 42.6 Å². The number of imidazole rings is 1. The minimum atomic E-state index is -4.69. The van der Waals surface area contributed by atoms with Gasteiger partial charge in [-0.1, -0.05) is 24.6 Å². The summed E-state index contributed by atoms with van der Waals surface area (Å²) >= 11 is 6.54. The van der Waals surface area contributed by atoms with Gasteiger partial charge in [-0.05, 0) is 36.5 Å². The molecule has 0 aliphatic carbocycles. The Bertz CT molecular complexity index is 1450. The number of nitrogens with one attached hydrogen (secondary N) is 1. The second-order valence-electron chi connectivity index (χ2n) is 10.3. The van der Waals surface area contributed by atoms with Crippen LogP contribution in [0.1, 0.15) is 30.9 Å². The van der Waals surface area contributed by atoms with Crippen molar-refractivity contribution < 1.29 is 21.6 Å². The number of hydrogen-bond donors (Lipinski definition) is 1. The van der Waals surface area contributed by atoms with E-state index in [4.69, 9.17) is 11.6 Å². The Morgan fingerprint density at radius 1 is 1.15 bits per heavy atom. The molecular formula is C25H29ClF3N7O2S. The zero-order valence-electron chi connectivity index (χ0n) is 21.5. The van der Waals surface area contributed by atoms with E-state index >= 15 is 0 Å². The molecule has 2 saturated heterocycles. The number of alkyl halides is 3. The average molecular weight is 584 g/mol. The molecule has 2 fully saturated rings. The third-order valence-corrected chi connectivity index (χ3v) is 8.62. The molecule has 0 radical (unpaired) electrons. The molecule has 14 heteroatoms. The fraction of sp³-hybridized carbons (Fsp3) is 0.480. The molecule has 1 aromatic carbocycles. The number of piperidine rings is 1. The van der Waals surface area contributed by atoms with Gasteiger partial charge in [0.25, 0.3) is 0 Å². The lowest BCUT2D eigenvalue weighted by molar-refractivity contribution is -0.137. The van der Waals surface area contributed by atoms with Crippen molar-refractivity contribution in [1.82, 2.24) is 28.7 Å². The Morgan fingerprint density at radius 2 is 1.87 bits per heavy atom. The summed E-state index contributed by atoms with van der Waals surface area (Å²) in [5.41, 5.74) is 0.316. The van der Waals surface area contributed by atoms with Gasteiger partial charge in [-0.25, -0.2) is 27.7 Å². The number of likely N-dealkylation sites (tertiary alicyclic amines) is 1. The standard InChI is InChI=1S/C25H29ClF3N7O2S/c1-16-11-34(12-16)13-17-3-4-22(20(26)9-17)35-14-21(31-15-35)23-19(25(27,28)29)10-30-24(33-23)32-18-5-7-36(8-6-18)39(2,37)38/h3-4,9-10,14-16,18H,5-8,11-13H2,1-2H3,(H,30,32,33). The SMILES string of the molecule is CC1CN(Cc2ccc(-n3cnc(-c4nc(NC5CCN(S(C)(=O)=O)CC5)ncc4C(F)(F)F)c3)c(Cl)c2)C1. The summed E-state index contributed by atoms with van der Waals surface area (Å²) in [5, 5.41) is 3.52. The number of aromatic nitrogens is 4. The zero-order chi connectivity index (χ0) is 27.9. The van der Waals surface area contributed by atoms with Crippen LogP contribution in [0.5, 0.6) is 0 Å². The summed E-state index contributed by atoms with van der Waals surface area (Å²) in [6.07, 6.45) is 1.04. The minimum Gasteiger partial charge on any atom is -0.351 e. The van der Waals surface area contributed by atoms with Gasteiger partial charge >= 0.3 is 6.18 Å². The van der Waals surface area contributed by atoms with Gasteiger partial charge in [0, 0.05) is 51.2 Å². The van der Waals surface area contributed by atoms with Crippen LogP contribution in [-0.2, 0) is 22.7 Å². The molecule has 5 rings (SSSR count). The largest absolute Gasteiger partial charge is 0.420 e. The predicted octanol–water partition coefficient (Wildman–Crippen LogP) is 4.29. The Kier molecular flexibility index (Phi) is 7.61. The van der Waals surface area contributed by atoms with Gasteiger partial charge in [0.05, 0.1) is 17.0 Å². The van der Waals surface area contributed by atoms with Crippen molar-refractivity contribution in [2.75, 3.05) is 37.8 Å². The number of nitrogens with zero attached hydrogens (tertiary/aromatic N) is 6. The van der Waals surface area contributed by atoms with Crippen LogP contribution < -0.4 is 5.32 Å². The van der Waals surface area contributed by atoms with Crippen molar-refractivity contribution in [3.8, 4) is 17.1 Å². The van der Waals surface area contributed by atoms with E-state index in [-0.39, 0.29) is 23.4 Å². The first kappa shape index (κ1) is 27.8. The van der Waals surface area contributed by atoms with Crippen LogP contribution in [0.25, 0.3) is 17.1 Å². The highest BCUT2D eigenvalue weighted by Crippen LogP contribution is 2.36. The first-order valence-corrected chi connectivity index (χ1v) is 14.8. The highest BCUT2D eigenvalue weighted by atomic mass is 35.5. The van der Waals surface area contributed by atoms with Gasteiger partial charge in [0.15, 0.2) is 0 Å². The Balaban J connectivity index is 1.36. The van der Waals surface area contributed by atoms with Gasteiger partial charge in [-0.2, -0.15) is 13.2 Å². The molecule has 0 atom stereocenters. The summed E-state index contributed by atoms with van der Waals surface area (Å²) in [7, 11) is -3.29. The summed E-state index contributed by atoms with van der Waals surface area (Å²) in [6, 6.07) is 5.46. The maximum absolute atomic E-state index is 13.9. The molecule has 0 amide bonds. The molecule has 39 heavy (non-hydrogen) atoms. The lowest BCUT2D eigenvalue weighted by Gasteiger charge is -2.37. The maximum Gasteiger partial charge on any atom is 0.420 e. The monoisotopic (exact) mass is 583 g/mol. The van der Waals surface area contributed by atoms with Gasteiger partial charge in [0.1, 0.15) is 23.3 Å². The first-order chi connectivity index (χ1) is 18.4. The van der Waals surface area contributed by atoms with Crippen molar-refractivity contribution in [1.29, 1.82) is 0 Å². The Morgan fingerprint density at radius 3 is 2.49 bits per heavy atom. The summed E-state index contributed by atoms with van der Waals surface area (Å²) < 4.78 is 68.0. The van der Waals surface area contributed by atoms with E-state index in [2.05, 4.69) is 32.1 Å². The molecule has 3 aromatic rings. The lowest BCUT2D eigenvalue weighted by atomic mass is 10.0. The van der Waals surface area contributed by atoms with Gasteiger partial charge < -0.3 is 9.88 Å². The molecule has 0 saturated carbocycles. The highest BCUT2D eigenvalue weighted by Gasteiger charge is 2.36. The number of sulfonamides is 1. The molecule has 2 aliphatic heterocycles. The van der Waals surface area contributed by atoms with Crippen LogP contribution in [0.4, 0.5) is 19.1 Å². The van der Waals surface area contributed by atoms with Crippen molar-refractivity contribution in [2.45, 2.75) is 38.5 Å². The molecule has 0 unspecified atom stereocenters. The number of benzene rings is 1. The third-order valence-electron chi connectivity index (χ3n) is 7.01. The molecule has 2 aromatic heterocycles. The van der Waals surface area contributed by atoms with Crippen LogP contribution in [-0.4, -0.2) is 75.6 Å². The summed E-state index contributed by atoms with van der Waals surface area (Å²) in [6.45, 7) is 5.70. The summed E-state index contributed by atoms with van der Waals surface area (Å²) in [4.78, 5) is 14.6. The van der Waals surface area contributed by atoms with E-state index in [1.807, 2.05) is 18.2 Å². The van der Waals surface area contributed by atoms with E-state index in [9.17, 15) is 21.6 Å². The van der Waals surface area contributed by atoms with Crippen LogP contribution in [0, 0.1) is 5.92 Å². The van der Waals surface area contributed by atoms with Gasteiger partial charge in [-0.3, -0.25) is 4.90 Å². The topological polar surface area (TPSA) is 96.3 Å². The molecule has 0 bridgehead atoms. The molecule has 210 valence electrons. The molecule has 0 spiro atoms. The number of hydrogen-bond acceptors (Lipinski definition) is 7. The van der Waals surface area contributed by atoms with Crippen molar-refractivity contribution in [2.24, 2.45) is 5.92 Å². The van der Waals surface area contributed by atoms with E-state index < -0.39 is 21.8 Å². The number of anilines is 1. The first-order valence-electron chi connectivity index (χ1n) is 12.6. The Labute approximate surface area is 230 Å². The smallest absolute Gasteiger partial charge is 0.351 e. The van der Waals surface area contributed by atoms with Crippen molar-refractivity contribution in [3.05, 3.63) is 53.1 Å². The molecular weight excluding hydrogens is 555 g/mol. The van der Waals surface area contributed by atoms with Crippen molar-refractivity contribution in [3.63, 3.8) is 0 Å². The number of rotatable bonds is 7. The number of halogens is 4. The fourth-order valence-electron chi connectivity index (χ4n) is 5.02. The quantitative estimate of drug-likeness (QED) is 0.443. The second kappa shape index (κ2) is 10.7. The van der Waals surface area contributed by atoms with Gasteiger partial charge in [-0.15, -0.1) is 0 Å². The van der Waals surface area contributed by atoms with E-state index in [1.165, 1.54) is 16.8 Å². The van der Waals surface area contributed by atoms with E-state index in [1.54, 1.807) is 4.57 Å². The third kappa shape index (κ3) is 6.37. The lowest BCUT2D eigenvalue weighted by Crippen LogP contribution is -2.44. The second-order valence-corrected chi connectivity index (χ2v) is 12.7. The molecule has 1 N–H and O–H groups in total. The Hall–Kier alpha value is -2.74. The van der Waals surface area contributed by atoms with Crippen molar-refractivity contribution >= 4 is 27.6 Å². The van der Waals surface area contributed by atoms with Crippen LogP contribution in [0.2, 0.25) is 5.02 Å². The highest BCUT2D eigenvalue weighted by molar-refractivity contribution is 7.88. The maximum atomic E-state index is 13.9. The zero-order valence-corrected chi connectivity index (χ0v) is 23.1. The van der Waals surface area contributed by atoms with E-state index in [0.717, 1.165) is 37.7 Å².